The van der Waals surface area contributed by atoms with Gasteiger partial charge in [0.2, 0.25) is 0 Å². The Hall–Kier alpha value is -2.71. The van der Waals surface area contributed by atoms with E-state index in [1.807, 2.05) is 29.6 Å². The van der Waals surface area contributed by atoms with E-state index in [4.69, 9.17) is 4.42 Å². The van der Waals surface area contributed by atoms with Crippen LogP contribution in [0.25, 0.3) is 10.7 Å². The summed E-state index contributed by atoms with van der Waals surface area (Å²) in [6, 6.07) is 7.35. The third kappa shape index (κ3) is 4.35. The van der Waals surface area contributed by atoms with Crippen LogP contribution in [0.1, 0.15) is 36.0 Å². The minimum Gasteiger partial charge on any atom is -0.468 e. The van der Waals surface area contributed by atoms with Crippen LogP contribution in [0, 0.1) is 0 Å². The van der Waals surface area contributed by atoms with Gasteiger partial charge in [-0.15, -0.1) is 11.3 Å². The molecule has 1 amide bonds. The molecule has 0 radical (unpaired) electrons. The van der Waals surface area contributed by atoms with Crippen molar-refractivity contribution in [2.24, 2.45) is 0 Å². The number of H-pyrrole nitrogens is 1. The number of nitrogens with zero attached hydrogens (tertiary/aromatic N) is 2. The molecule has 0 fully saturated rings. The summed E-state index contributed by atoms with van der Waals surface area (Å²) in [6.07, 6.45) is 2.94. The fourth-order valence-corrected chi connectivity index (χ4v) is 3.61. The predicted octanol–water partition coefficient (Wildman–Crippen LogP) is 2.90. The summed E-state index contributed by atoms with van der Waals surface area (Å²) < 4.78 is 5.53. The number of nitrogens with one attached hydrogen (secondary N) is 2. The van der Waals surface area contributed by atoms with Crippen molar-refractivity contribution in [1.82, 2.24) is 20.2 Å². The Bertz CT molecular complexity index is 915. The van der Waals surface area contributed by atoms with Crippen LogP contribution in [0.4, 0.5) is 0 Å². The van der Waals surface area contributed by atoms with Gasteiger partial charge in [-0.1, -0.05) is 19.9 Å². The van der Waals surface area contributed by atoms with Gasteiger partial charge < -0.3 is 14.7 Å². The Kier molecular flexibility index (Phi) is 6.20. The van der Waals surface area contributed by atoms with Gasteiger partial charge in [0.1, 0.15) is 17.1 Å². The lowest BCUT2D eigenvalue weighted by atomic mass is 10.1. The van der Waals surface area contributed by atoms with Crippen molar-refractivity contribution in [1.29, 1.82) is 0 Å². The second kappa shape index (κ2) is 8.79. The summed E-state index contributed by atoms with van der Waals surface area (Å²) in [5, 5.41) is 4.73. The average Bonchev–Trinajstić information content (AvgIpc) is 3.38. The lowest BCUT2D eigenvalue weighted by Gasteiger charge is -2.28. The smallest absolute Gasteiger partial charge is 0.264 e. The van der Waals surface area contributed by atoms with Crippen LogP contribution in [-0.4, -0.2) is 40.4 Å². The quantitative estimate of drug-likeness (QED) is 0.621. The van der Waals surface area contributed by atoms with Crippen molar-refractivity contribution in [2.75, 3.05) is 19.6 Å². The Morgan fingerprint density at radius 3 is 2.74 bits per heavy atom. The summed E-state index contributed by atoms with van der Waals surface area (Å²) in [5.74, 6) is 0.785. The van der Waals surface area contributed by atoms with E-state index in [0.29, 0.717) is 12.4 Å². The highest BCUT2D eigenvalue weighted by Gasteiger charge is 2.22. The summed E-state index contributed by atoms with van der Waals surface area (Å²) in [7, 11) is 0. The fourth-order valence-electron chi connectivity index (χ4n) is 2.93. The molecule has 0 unspecified atom stereocenters. The van der Waals surface area contributed by atoms with Gasteiger partial charge in [0.15, 0.2) is 0 Å². The number of aromatic nitrogens is 2. The molecule has 0 spiro atoms. The molecule has 0 saturated carbocycles. The highest BCUT2D eigenvalue weighted by atomic mass is 32.1. The molecule has 0 aliphatic rings. The molecule has 2 N–H and O–H groups in total. The first-order valence-electron chi connectivity index (χ1n) is 8.82. The molecule has 3 aromatic heterocycles. The minimum atomic E-state index is -0.455. The van der Waals surface area contributed by atoms with Crippen LogP contribution in [0.15, 0.2) is 51.3 Å². The van der Waals surface area contributed by atoms with Crippen molar-refractivity contribution < 1.29 is 9.21 Å². The van der Waals surface area contributed by atoms with Gasteiger partial charge in [-0.05, 0) is 36.7 Å². The SMILES string of the molecule is CCN(CC)[C@@H](CNC(=O)c1cnc(-c2cccs2)[nH]c1=O)c1ccco1. The number of likely N-dealkylation sites (N-methyl/N-ethyl adjacent to an activating group) is 1. The second-order valence-electron chi connectivity index (χ2n) is 5.91. The van der Waals surface area contributed by atoms with Crippen molar-refractivity contribution in [3.8, 4) is 10.7 Å². The molecule has 0 bridgehead atoms. The normalized spacial score (nSPS) is 12.3. The molecule has 0 saturated heterocycles. The third-order valence-corrected chi connectivity index (χ3v) is 5.26. The summed E-state index contributed by atoms with van der Waals surface area (Å²) >= 11 is 1.47. The summed E-state index contributed by atoms with van der Waals surface area (Å²) in [4.78, 5) is 34.7. The second-order valence-corrected chi connectivity index (χ2v) is 6.86. The van der Waals surface area contributed by atoms with E-state index in [9.17, 15) is 9.59 Å². The first-order chi connectivity index (χ1) is 13.1. The Morgan fingerprint density at radius 1 is 1.33 bits per heavy atom. The monoisotopic (exact) mass is 386 g/mol. The Morgan fingerprint density at radius 2 is 2.15 bits per heavy atom. The zero-order valence-electron chi connectivity index (χ0n) is 15.3. The van der Waals surface area contributed by atoms with Crippen LogP contribution in [0.5, 0.6) is 0 Å². The van der Waals surface area contributed by atoms with E-state index < -0.39 is 11.5 Å². The van der Waals surface area contributed by atoms with Gasteiger partial charge in [0.25, 0.3) is 11.5 Å². The Balaban J connectivity index is 1.73. The molecule has 142 valence electrons. The van der Waals surface area contributed by atoms with Gasteiger partial charge in [-0.25, -0.2) is 4.98 Å². The maximum Gasteiger partial charge on any atom is 0.264 e. The van der Waals surface area contributed by atoms with Gasteiger partial charge in [-0.3, -0.25) is 14.5 Å². The largest absolute Gasteiger partial charge is 0.468 e. The zero-order chi connectivity index (χ0) is 19.2. The highest BCUT2D eigenvalue weighted by molar-refractivity contribution is 7.13. The number of amides is 1. The third-order valence-electron chi connectivity index (χ3n) is 4.38. The maximum atomic E-state index is 12.5. The van der Waals surface area contributed by atoms with Crippen molar-refractivity contribution in [3.05, 3.63) is 63.8 Å². The molecular formula is C19H22N4O3S. The molecule has 1 atom stereocenters. The highest BCUT2D eigenvalue weighted by Crippen LogP contribution is 2.21. The van der Waals surface area contributed by atoms with Crippen LogP contribution in [0.3, 0.4) is 0 Å². The first-order valence-corrected chi connectivity index (χ1v) is 9.70. The average molecular weight is 386 g/mol. The molecule has 3 aromatic rings. The maximum absolute atomic E-state index is 12.5. The summed E-state index contributed by atoms with van der Waals surface area (Å²) in [6.45, 7) is 6.07. The lowest BCUT2D eigenvalue weighted by Crippen LogP contribution is -2.39. The molecule has 8 heteroatoms. The van der Waals surface area contributed by atoms with Crippen molar-refractivity contribution in [2.45, 2.75) is 19.9 Å². The predicted molar refractivity (Wildman–Crippen MR) is 105 cm³/mol. The number of thiophene rings is 1. The van der Waals surface area contributed by atoms with Crippen LogP contribution < -0.4 is 10.9 Å². The molecule has 7 nitrogen and oxygen atoms in total. The van der Waals surface area contributed by atoms with Crippen LogP contribution in [0.2, 0.25) is 0 Å². The minimum absolute atomic E-state index is 0.00644. The Labute approximate surface area is 161 Å². The number of aromatic amines is 1. The van der Waals surface area contributed by atoms with Crippen LogP contribution in [-0.2, 0) is 0 Å². The van der Waals surface area contributed by atoms with Crippen molar-refractivity contribution in [3.63, 3.8) is 0 Å². The number of furan rings is 1. The topological polar surface area (TPSA) is 91.2 Å². The van der Waals surface area contributed by atoms with E-state index in [-0.39, 0.29) is 11.6 Å². The lowest BCUT2D eigenvalue weighted by molar-refractivity contribution is 0.0928. The fraction of sp³-hybridized carbons (Fsp3) is 0.316. The van der Waals surface area contributed by atoms with E-state index in [2.05, 4.69) is 34.0 Å². The van der Waals surface area contributed by atoms with Gasteiger partial charge in [-0.2, -0.15) is 0 Å². The molecular weight excluding hydrogens is 364 g/mol. The van der Waals surface area contributed by atoms with Gasteiger partial charge >= 0.3 is 0 Å². The standard InChI is InChI=1S/C19H22N4O3S/c1-3-23(4-2)14(15-7-5-9-26-15)12-21-18(24)13-11-20-17(22-19(13)25)16-8-6-10-27-16/h5-11,14H,3-4,12H2,1-2H3,(H,21,24)(H,20,22,25)/t14-/m0/s1. The number of rotatable bonds is 8. The first kappa shape index (κ1) is 19.1. The van der Waals surface area contributed by atoms with E-state index in [1.54, 1.807) is 6.26 Å². The number of carbonyl (C=O) groups is 1. The van der Waals surface area contributed by atoms with Crippen molar-refractivity contribution >= 4 is 17.2 Å². The van der Waals surface area contributed by atoms with E-state index in [0.717, 1.165) is 23.7 Å². The molecule has 0 aromatic carbocycles. The molecule has 3 rings (SSSR count). The molecule has 0 aliphatic carbocycles. The molecule has 27 heavy (non-hydrogen) atoms. The number of hydrogen-bond acceptors (Lipinski definition) is 6. The number of hydrogen-bond donors (Lipinski definition) is 2. The number of carbonyl (C=O) groups excluding carboxylic acids is 1. The summed E-state index contributed by atoms with van der Waals surface area (Å²) in [5.41, 5.74) is -0.462. The molecule has 0 aliphatic heterocycles. The zero-order valence-corrected chi connectivity index (χ0v) is 16.1. The van der Waals surface area contributed by atoms with Crippen LogP contribution >= 0.6 is 11.3 Å². The van der Waals surface area contributed by atoms with Gasteiger partial charge in [0.05, 0.1) is 17.2 Å². The van der Waals surface area contributed by atoms with Gasteiger partial charge in [0, 0.05) is 12.7 Å². The molecule has 3 heterocycles. The van der Waals surface area contributed by atoms with E-state index in [1.165, 1.54) is 17.5 Å². The van der Waals surface area contributed by atoms with E-state index >= 15 is 0 Å².